The first-order valence-electron chi connectivity index (χ1n) is 17.5. The summed E-state index contributed by atoms with van der Waals surface area (Å²) in [6, 6.07) is 53.2. The van der Waals surface area contributed by atoms with E-state index in [4.69, 9.17) is 15.0 Å². The van der Waals surface area contributed by atoms with E-state index in [0.29, 0.717) is 17.5 Å². The van der Waals surface area contributed by atoms with E-state index in [2.05, 4.69) is 84.9 Å². The van der Waals surface area contributed by atoms with Crippen molar-refractivity contribution in [3.05, 3.63) is 162 Å². The molecule has 7 aromatic rings. The van der Waals surface area contributed by atoms with Gasteiger partial charge in [-0.25, -0.2) is 15.0 Å². The van der Waals surface area contributed by atoms with E-state index in [-0.39, 0.29) is 5.41 Å². The summed E-state index contributed by atoms with van der Waals surface area (Å²) in [4.78, 5) is 14.7. The van der Waals surface area contributed by atoms with Crippen LogP contribution < -0.4 is 0 Å². The van der Waals surface area contributed by atoms with Gasteiger partial charge in [0.1, 0.15) is 0 Å². The van der Waals surface area contributed by atoms with Crippen molar-refractivity contribution in [1.29, 1.82) is 5.26 Å². The minimum atomic E-state index is 0.0378. The molecule has 4 nitrogen and oxygen atoms in total. The van der Waals surface area contributed by atoms with Gasteiger partial charge in [0.15, 0.2) is 17.5 Å². The summed E-state index contributed by atoms with van der Waals surface area (Å²) in [6.07, 6.45) is 6.09. The Balaban J connectivity index is 1.06. The van der Waals surface area contributed by atoms with Crippen LogP contribution in [0.1, 0.15) is 48.8 Å². The Morgan fingerprint density at radius 1 is 0.420 bits per heavy atom. The summed E-state index contributed by atoms with van der Waals surface area (Å²) < 4.78 is 0. The predicted octanol–water partition coefficient (Wildman–Crippen LogP) is 11.3. The van der Waals surface area contributed by atoms with Gasteiger partial charge in [-0.2, -0.15) is 5.26 Å². The van der Waals surface area contributed by atoms with Crippen LogP contribution in [0.15, 0.2) is 146 Å². The molecule has 4 heteroatoms. The average Bonchev–Trinajstić information content (AvgIpc) is 3.45. The van der Waals surface area contributed by atoms with Crippen LogP contribution in [0.5, 0.6) is 0 Å². The van der Waals surface area contributed by atoms with E-state index >= 15 is 0 Å². The zero-order chi connectivity index (χ0) is 33.5. The van der Waals surface area contributed by atoms with Gasteiger partial charge in [0, 0.05) is 22.1 Å². The van der Waals surface area contributed by atoms with Crippen molar-refractivity contribution >= 4 is 0 Å². The Labute approximate surface area is 292 Å². The van der Waals surface area contributed by atoms with Gasteiger partial charge in [0.2, 0.25) is 0 Å². The van der Waals surface area contributed by atoms with Gasteiger partial charge >= 0.3 is 0 Å². The normalized spacial score (nSPS) is 14.1. The molecule has 1 heterocycles. The summed E-state index contributed by atoms with van der Waals surface area (Å²) in [5, 5.41) is 9.65. The monoisotopic (exact) mass is 642 g/mol. The molecular weight excluding hydrogens is 609 g/mol. The molecule has 2 aliphatic rings. The number of aromatic nitrogens is 3. The molecule has 0 radical (unpaired) electrons. The summed E-state index contributed by atoms with van der Waals surface area (Å²) in [6.45, 7) is 0. The Bertz CT molecular complexity index is 2340. The van der Waals surface area contributed by atoms with Gasteiger partial charge in [-0.15, -0.1) is 0 Å². The molecule has 0 atom stereocenters. The summed E-state index contributed by atoms with van der Waals surface area (Å²) >= 11 is 0. The van der Waals surface area contributed by atoms with Gasteiger partial charge in [-0.05, 0) is 81.6 Å². The lowest BCUT2D eigenvalue weighted by molar-refractivity contribution is 0.353. The van der Waals surface area contributed by atoms with E-state index in [0.717, 1.165) is 46.2 Å². The smallest absolute Gasteiger partial charge is 0.164 e. The lowest BCUT2D eigenvalue weighted by Crippen LogP contribution is -2.28. The lowest BCUT2D eigenvalue weighted by Gasteiger charge is -2.36. The van der Waals surface area contributed by atoms with Gasteiger partial charge in [-0.1, -0.05) is 141 Å². The molecule has 1 spiro atoms. The average molecular weight is 643 g/mol. The van der Waals surface area contributed by atoms with E-state index in [1.165, 1.54) is 52.6 Å². The molecule has 0 saturated heterocycles. The summed E-state index contributed by atoms with van der Waals surface area (Å²) in [5.74, 6) is 1.96. The highest BCUT2D eigenvalue weighted by molar-refractivity contribution is 5.85. The van der Waals surface area contributed by atoms with Crippen LogP contribution in [0.25, 0.3) is 67.5 Å². The predicted molar refractivity (Wildman–Crippen MR) is 201 cm³/mol. The number of nitrogens with zero attached hydrogens (tertiary/aromatic N) is 4. The third-order valence-corrected chi connectivity index (χ3v) is 10.6. The van der Waals surface area contributed by atoms with Crippen LogP contribution in [-0.2, 0) is 5.41 Å². The number of fused-ring (bicyclic) bond motifs is 5. The number of nitriles is 1. The van der Waals surface area contributed by atoms with Crippen LogP contribution in [0, 0.1) is 11.3 Å². The summed E-state index contributed by atoms with van der Waals surface area (Å²) in [5.41, 5.74) is 13.7. The first kappa shape index (κ1) is 29.9. The fourth-order valence-electron chi connectivity index (χ4n) is 8.08. The highest BCUT2D eigenvalue weighted by atomic mass is 15.0. The number of hydrogen-bond acceptors (Lipinski definition) is 4. The Hall–Kier alpha value is -6.18. The molecule has 1 fully saturated rings. The van der Waals surface area contributed by atoms with Crippen LogP contribution in [-0.4, -0.2) is 15.0 Å². The van der Waals surface area contributed by atoms with Crippen molar-refractivity contribution in [2.75, 3.05) is 0 Å². The highest BCUT2D eigenvalue weighted by Gasteiger charge is 2.43. The Kier molecular flexibility index (Phi) is 7.40. The molecule has 6 aromatic carbocycles. The maximum Gasteiger partial charge on any atom is 0.164 e. The van der Waals surface area contributed by atoms with Gasteiger partial charge < -0.3 is 0 Å². The second kappa shape index (κ2) is 12.4. The zero-order valence-electron chi connectivity index (χ0n) is 27.7. The molecule has 0 bridgehead atoms. The molecule has 0 N–H and O–H groups in total. The molecule has 1 saturated carbocycles. The standard InChI is InChI=1S/C46H34N4/c47-30-31-17-24-41-40(27-31)39-23-22-38(29-42(39)46(41)25-8-3-9-26-46)37-16-10-15-36(28-37)32-18-20-35(21-19-32)45-49-43(33-11-4-1-5-12-33)48-44(50-45)34-13-6-2-7-14-34/h1-2,4-7,10-24,27-29H,3,8-9,25-26H2. The van der Waals surface area contributed by atoms with Crippen molar-refractivity contribution in [2.45, 2.75) is 37.5 Å². The lowest BCUT2D eigenvalue weighted by atomic mass is 9.67. The van der Waals surface area contributed by atoms with E-state index in [1.807, 2.05) is 66.7 Å². The molecule has 238 valence electrons. The molecule has 50 heavy (non-hydrogen) atoms. The molecule has 1 aromatic heterocycles. The second-order valence-corrected chi connectivity index (χ2v) is 13.5. The molecule has 0 unspecified atom stereocenters. The molecule has 0 aliphatic heterocycles. The molecule has 2 aliphatic carbocycles. The third kappa shape index (κ3) is 5.19. The minimum Gasteiger partial charge on any atom is -0.208 e. The Morgan fingerprint density at radius 3 is 1.56 bits per heavy atom. The van der Waals surface area contributed by atoms with Crippen molar-refractivity contribution in [3.8, 4) is 73.6 Å². The van der Waals surface area contributed by atoms with Crippen molar-refractivity contribution in [1.82, 2.24) is 15.0 Å². The van der Waals surface area contributed by atoms with E-state index in [9.17, 15) is 5.26 Å². The maximum absolute atomic E-state index is 9.65. The van der Waals surface area contributed by atoms with Crippen molar-refractivity contribution in [2.24, 2.45) is 0 Å². The van der Waals surface area contributed by atoms with Gasteiger partial charge in [0.05, 0.1) is 11.6 Å². The van der Waals surface area contributed by atoms with Crippen LogP contribution in [0.3, 0.4) is 0 Å². The number of rotatable bonds is 5. The second-order valence-electron chi connectivity index (χ2n) is 13.5. The van der Waals surface area contributed by atoms with Gasteiger partial charge in [0.25, 0.3) is 0 Å². The zero-order valence-corrected chi connectivity index (χ0v) is 27.7. The van der Waals surface area contributed by atoms with Crippen LogP contribution in [0.2, 0.25) is 0 Å². The first-order chi connectivity index (χ1) is 24.7. The van der Waals surface area contributed by atoms with E-state index in [1.54, 1.807) is 0 Å². The molecule has 0 amide bonds. The fourth-order valence-corrected chi connectivity index (χ4v) is 8.08. The first-order valence-corrected chi connectivity index (χ1v) is 17.5. The van der Waals surface area contributed by atoms with Crippen LogP contribution in [0.4, 0.5) is 0 Å². The summed E-state index contributed by atoms with van der Waals surface area (Å²) in [7, 11) is 0. The SMILES string of the molecule is N#Cc1ccc2c(c1)-c1ccc(-c3cccc(-c4ccc(-c5nc(-c6ccccc6)nc(-c6ccccc6)n5)cc4)c3)cc1C21CCCCC1. The topological polar surface area (TPSA) is 62.5 Å². The van der Waals surface area contributed by atoms with Crippen molar-refractivity contribution in [3.63, 3.8) is 0 Å². The van der Waals surface area contributed by atoms with Crippen LogP contribution >= 0.6 is 0 Å². The largest absolute Gasteiger partial charge is 0.208 e. The quantitative estimate of drug-likeness (QED) is 0.187. The minimum absolute atomic E-state index is 0.0378. The maximum atomic E-state index is 9.65. The molecule has 9 rings (SSSR count). The van der Waals surface area contributed by atoms with Crippen molar-refractivity contribution < 1.29 is 0 Å². The number of hydrogen-bond donors (Lipinski definition) is 0. The number of benzene rings is 6. The highest BCUT2D eigenvalue weighted by Crippen LogP contribution is 2.56. The third-order valence-electron chi connectivity index (χ3n) is 10.6. The fraction of sp³-hybridized carbons (Fsp3) is 0.130. The van der Waals surface area contributed by atoms with Gasteiger partial charge in [-0.3, -0.25) is 0 Å². The molecular formula is C46H34N4. The van der Waals surface area contributed by atoms with E-state index < -0.39 is 0 Å². The Morgan fingerprint density at radius 2 is 0.940 bits per heavy atom.